The number of carbonyl (C=O) groups is 1. The van der Waals surface area contributed by atoms with E-state index in [0.717, 1.165) is 6.07 Å². The number of hydrogen-bond donors (Lipinski definition) is 2. The predicted octanol–water partition coefficient (Wildman–Crippen LogP) is 2.91. The Morgan fingerprint density at radius 2 is 2.11 bits per heavy atom. The predicted molar refractivity (Wildman–Crippen MR) is 66.1 cm³/mol. The number of rotatable bonds is 3. The summed E-state index contributed by atoms with van der Waals surface area (Å²) in [6.45, 7) is 1.42. The van der Waals surface area contributed by atoms with Gasteiger partial charge >= 0.3 is 6.18 Å². The molecule has 1 aromatic carbocycles. The lowest BCUT2D eigenvalue weighted by molar-refractivity contribution is -0.137. The van der Waals surface area contributed by atoms with Crippen molar-refractivity contribution in [3.8, 4) is 0 Å². The number of halogens is 4. The summed E-state index contributed by atoms with van der Waals surface area (Å²) in [7, 11) is 0. The van der Waals surface area contributed by atoms with Crippen LogP contribution in [0.5, 0.6) is 0 Å². The molecule has 3 nitrogen and oxygen atoms in total. The quantitative estimate of drug-likeness (QED) is 0.899. The smallest absolute Gasteiger partial charge is 0.324 e. The van der Waals surface area contributed by atoms with Crippen molar-refractivity contribution in [2.24, 2.45) is 5.92 Å². The van der Waals surface area contributed by atoms with Crippen LogP contribution in [0.15, 0.2) is 18.2 Å². The summed E-state index contributed by atoms with van der Waals surface area (Å²) < 4.78 is 38.4. The lowest BCUT2D eigenvalue weighted by atomic mass is 9.99. The Kier molecular flexibility index (Phi) is 4.01. The van der Waals surface area contributed by atoms with Gasteiger partial charge in [-0.15, -0.1) is 0 Å². The maximum absolute atomic E-state index is 12.8. The van der Waals surface area contributed by atoms with E-state index in [1.54, 1.807) is 0 Å². The average molecular weight is 293 g/mol. The second-order valence-corrected chi connectivity index (χ2v) is 4.84. The van der Waals surface area contributed by atoms with E-state index in [9.17, 15) is 18.0 Å². The van der Waals surface area contributed by atoms with Gasteiger partial charge in [-0.2, -0.15) is 13.2 Å². The van der Waals surface area contributed by atoms with Crippen LogP contribution in [0.2, 0.25) is 5.02 Å². The Balaban J connectivity index is 2.16. The Hall–Kier alpha value is -1.27. The third-order valence-corrected chi connectivity index (χ3v) is 3.24. The third kappa shape index (κ3) is 3.39. The van der Waals surface area contributed by atoms with Crippen molar-refractivity contribution in [1.29, 1.82) is 0 Å². The molecular formula is C12H12ClF3N2O. The molecular weight excluding hydrogens is 281 g/mol. The molecule has 1 saturated heterocycles. The van der Waals surface area contributed by atoms with E-state index < -0.39 is 17.6 Å². The fraction of sp³-hybridized carbons (Fsp3) is 0.417. The highest BCUT2D eigenvalue weighted by Gasteiger charge is 2.35. The van der Waals surface area contributed by atoms with E-state index in [4.69, 9.17) is 11.6 Å². The molecule has 1 fully saturated rings. The van der Waals surface area contributed by atoms with Gasteiger partial charge in [-0.05, 0) is 31.1 Å². The molecule has 0 saturated carbocycles. The molecule has 0 aliphatic carbocycles. The van der Waals surface area contributed by atoms with Gasteiger partial charge in [0, 0.05) is 6.42 Å². The molecule has 19 heavy (non-hydrogen) atoms. The van der Waals surface area contributed by atoms with Crippen molar-refractivity contribution >= 4 is 23.2 Å². The minimum atomic E-state index is -4.55. The Morgan fingerprint density at radius 3 is 2.63 bits per heavy atom. The molecule has 0 radical (unpaired) electrons. The molecule has 1 amide bonds. The summed E-state index contributed by atoms with van der Waals surface area (Å²) in [6, 6.07) is 3.42. The van der Waals surface area contributed by atoms with Crippen LogP contribution >= 0.6 is 11.6 Å². The fourth-order valence-electron chi connectivity index (χ4n) is 1.83. The number of anilines is 1. The molecule has 0 spiro atoms. The number of para-hydroxylation sites is 1. The van der Waals surface area contributed by atoms with Gasteiger partial charge < -0.3 is 10.6 Å². The minimum Gasteiger partial charge on any atom is -0.324 e. The summed E-state index contributed by atoms with van der Waals surface area (Å²) in [4.78, 5) is 11.7. The van der Waals surface area contributed by atoms with Gasteiger partial charge in [0.25, 0.3) is 0 Å². The topological polar surface area (TPSA) is 41.1 Å². The first-order valence-corrected chi connectivity index (χ1v) is 6.12. The summed E-state index contributed by atoms with van der Waals surface area (Å²) in [5, 5.41) is 5.14. The van der Waals surface area contributed by atoms with Crippen LogP contribution in [0.25, 0.3) is 0 Å². The number of alkyl halides is 3. The number of hydrogen-bond acceptors (Lipinski definition) is 2. The zero-order valence-electron chi connectivity index (χ0n) is 9.85. The first-order valence-electron chi connectivity index (χ1n) is 5.74. The highest BCUT2D eigenvalue weighted by atomic mass is 35.5. The van der Waals surface area contributed by atoms with Crippen LogP contribution in [-0.4, -0.2) is 19.0 Å². The first-order chi connectivity index (χ1) is 8.88. The summed E-state index contributed by atoms with van der Waals surface area (Å²) in [6.07, 6.45) is -4.36. The summed E-state index contributed by atoms with van der Waals surface area (Å²) in [5.74, 6) is -0.276. The van der Waals surface area contributed by atoms with Gasteiger partial charge in [0.1, 0.15) is 0 Å². The van der Waals surface area contributed by atoms with Gasteiger partial charge in [0.15, 0.2) is 0 Å². The Bertz CT molecular complexity index is 486. The molecule has 7 heteroatoms. The highest BCUT2D eigenvalue weighted by molar-refractivity contribution is 6.34. The molecule has 0 aromatic heterocycles. The third-order valence-electron chi connectivity index (χ3n) is 2.92. The van der Waals surface area contributed by atoms with Crippen molar-refractivity contribution in [2.75, 3.05) is 18.4 Å². The standard InChI is InChI=1S/C12H12ClF3N2O/c13-9-3-1-2-8(12(14,15)16)11(9)18-10(19)4-7-5-17-6-7/h1-3,7,17H,4-6H2,(H,18,19). The van der Waals surface area contributed by atoms with Crippen molar-refractivity contribution in [3.05, 3.63) is 28.8 Å². The van der Waals surface area contributed by atoms with Gasteiger partial charge in [-0.1, -0.05) is 17.7 Å². The van der Waals surface area contributed by atoms with Crippen LogP contribution in [-0.2, 0) is 11.0 Å². The first kappa shape index (κ1) is 14.1. The number of carbonyl (C=O) groups excluding carboxylic acids is 1. The van der Waals surface area contributed by atoms with Crippen LogP contribution in [0.3, 0.4) is 0 Å². The second kappa shape index (κ2) is 5.38. The summed E-state index contributed by atoms with van der Waals surface area (Å²) in [5.41, 5.74) is -1.30. The lowest BCUT2D eigenvalue weighted by Gasteiger charge is -2.26. The van der Waals surface area contributed by atoms with Gasteiger partial charge in [-0.25, -0.2) is 0 Å². The molecule has 1 aliphatic heterocycles. The molecule has 2 N–H and O–H groups in total. The Labute approximate surface area is 113 Å². The number of amides is 1. The zero-order valence-corrected chi connectivity index (χ0v) is 10.6. The molecule has 104 valence electrons. The van der Waals surface area contributed by atoms with Crippen molar-refractivity contribution < 1.29 is 18.0 Å². The van der Waals surface area contributed by atoms with Gasteiger partial charge in [0.05, 0.1) is 16.3 Å². The monoisotopic (exact) mass is 292 g/mol. The van der Waals surface area contributed by atoms with E-state index >= 15 is 0 Å². The maximum Gasteiger partial charge on any atom is 0.418 e. The highest BCUT2D eigenvalue weighted by Crippen LogP contribution is 2.38. The van der Waals surface area contributed by atoms with E-state index in [0.29, 0.717) is 13.1 Å². The van der Waals surface area contributed by atoms with Crippen LogP contribution in [0.1, 0.15) is 12.0 Å². The largest absolute Gasteiger partial charge is 0.418 e. The molecule has 1 aliphatic rings. The van der Waals surface area contributed by atoms with Crippen LogP contribution in [0.4, 0.5) is 18.9 Å². The zero-order chi connectivity index (χ0) is 14.0. The van der Waals surface area contributed by atoms with E-state index in [1.165, 1.54) is 12.1 Å². The van der Waals surface area contributed by atoms with Crippen LogP contribution < -0.4 is 10.6 Å². The second-order valence-electron chi connectivity index (χ2n) is 4.44. The maximum atomic E-state index is 12.8. The van der Waals surface area contributed by atoms with Gasteiger partial charge in [-0.3, -0.25) is 4.79 Å². The van der Waals surface area contributed by atoms with E-state index in [-0.39, 0.29) is 23.0 Å². The minimum absolute atomic E-state index is 0.116. The molecule has 0 atom stereocenters. The van der Waals surface area contributed by atoms with Crippen molar-refractivity contribution in [3.63, 3.8) is 0 Å². The van der Waals surface area contributed by atoms with Crippen LogP contribution in [0, 0.1) is 5.92 Å². The number of benzene rings is 1. The fourth-order valence-corrected chi connectivity index (χ4v) is 2.05. The van der Waals surface area contributed by atoms with E-state index in [1.807, 2.05) is 0 Å². The number of nitrogens with one attached hydrogen (secondary N) is 2. The summed E-state index contributed by atoms with van der Waals surface area (Å²) >= 11 is 5.74. The van der Waals surface area contributed by atoms with Crippen molar-refractivity contribution in [2.45, 2.75) is 12.6 Å². The Morgan fingerprint density at radius 1 is 1.42 bits per heavy atom. The molecule has 1 heterocycles. The lowest BCUT2D eigenvalue weighted by Crippen LogP contribution is -2.43. The molecule has 0 unspecified atom stereocenters. The molecule has 1 aromatic rings. The van der Waals surface area contributed by atoms with Gasteiger partial charge in [0.2, 0.25) is 5.91 Å². The SMILES string of the molecule is O=C(CC1CNC1)Nc1c(Cl)cccc1C(F)(F)F. The van der Waals surface area contributed by atoms with E-state index in [2.05, 4.69) is 10.6 Å². The van der Waals surface area contributed by atoms with Crippen molar-refractivity contribution in [1.82, 2.24) is 5.32 Å². The average Bonchev–Trinajstić information content (AvgIpc) is 2.25. The normalized spacial score (nSPS) is 16.0. The molecule has 2 rings (SSSR count). The molecule has 0 bridgehead atoms.